The lowest BCUT2D eigenvalue weighted by Gasteiger charge is -2.21. The molecule has 7 heteroatoms. The van der Waals surface area contributed by atoms with Crippen LogP contribution in [0.25, 0.3) is 11.3 Å². The molecule has 0 saturated carbocycles. The summed E-state index contributed by atoms with van der Waals surface area (Å²) in [6.45, 7) is 2.71. The predicted molar refractivity (Wildman–Crippen MR) is 95.4 cm³/mol. The monoisotopic (exact) mass is 369 g/mol. The maximum Gasteiger partial charge on any atom is 0.293 e. The number of halogens is 1. The van der Waals surface area contributed by atoms with E-state index in [0.717, 1.165) is 37.1 Å². The van der Waals surface area contributed by atoms with Crippen LogP contribution in [0.1, 0.15) is 54.2 Å². The molecule has 0 N–H and O–H groups in total. The van der Waals surface area contributed by atoms with Gasteiger partial charge in [0.1, 0.15) is 23.0 Å². The summed E-state index contributed by atoms with van der Waals surface area (Å²) in [5.41, 5.74) is 1.97. The largest absolute Gasteiger partial charge is 0.361 e. The average Bonchev–Trinajstić information content (AvgIpc) is 3.42. The highest BCUT2D eigenvalue weighted by molar-refractivity contribution is 5.92. The summed E-state index contributed by atoms with van der Waals surface area (Å²) in [7, 11) is 0. The third-order valence-electron chi connectivity index (χ3n) is 4.79. The van der Waals surface area contributed by atoms with Crippen LogP contribution in [0.2, 0.25) is 0 Å². The molecular formula is C20H20FN3O3. The zero-order chi connectivity index (χ0) is 18.8. The fourth-order valence-electron chi connectivity index (χ4n) is 3.44. The molecule has 0 aliphatic carbocycles. The number of rotatable bonds is 5. The SMILES string of the molecule is CCCc1cc([C@@H]2CCCN2C(=O)c2cc(-c3ccc(F)cc3)no2)no1. The van der Waals surface area contributed by atoms with Crippen LogP contribution in [0, 0.1) is 5.82 Å². The Morgan fingerprint density at radius 3 is 2.81 bits per heavy atom. The molecule has 0 unspecified atom stereocenters. The van der Waals surface area contributed by atoms with E-state index in [-0.39, 0.29) is 23.5 Å². The molecule has 1 aliphatic heterocycles. The molecule has 1 atom stereocenters. The van der Waals surface area contributed by atoms with Crippen molar-refractivity contribution in [2.75, 3.05) is 6.54 Å². The van der Waals surface area contributed by atoms with Gasteiger partial charge in [-0.05, 0) is 43.5 Å². The van der Waals surface area contributed by atoms with E-state index in [9.17, 15) is 9.18 Å². The Hall–Kier alpha value is -2.96. The van der Waals surface area contributed by atoms with Gasteiger partial charge in [-0.1, -0.05) is 17.2 Å². The Kier molecular flexibility index (Phi) is 4.75. The Morgan fingerprint density at radius 1 is 1.22 bits per heavy atom. The maximum absolute atomic E-state index is 13.1. The lowest BCUT2D eigenvalue weighted by Crippen LogP contribution is -2.30. The van der Waals surface area contributed by atoms with Crippen molar-refractivity contribution >= 4 is 5.91 Å². The van der Waals surface area contributed by atoms with Crippen LogP contribution in [0.5, 0.6) is 0 Å². The smallest absolute Gasteiger partial charge is 0.293 e. The fraction of sp³-hybridized carbons (Fsp3) is 0.350. The van der Waals surface area contributed by atoms with Crippen LogP contribution >= 0.6 is 0 Å². The third kappa shape index (κ3) is 3.49. The summed E-state index contributed by atoms with van der Waals surface area (Å²) >= 11 is 0. The van der Waals surface area contributed by atoms with Gasteiger partial charge in [-0.3, -0.25) is 4.79 Å². The zero-order valence-corrected chi connectivity index (χ0v) is 15.0. The number of carbonyl (C=O) groups is 1. The van der Waals surface area contributed by atoms with Gasteiger partial charge in [0.15, 0.2) is 0 Å². The van der Waals surface area contributed by atoms with Crippen molar-refractivity contribution in [1.29, 1.82) is 0 Å². The van der Waals surface area contributed by atoms with Gasteiger partial charge in [0.25, 0.3) is 5.91 Å². The van der Waals surface area contributed by atoms with Gasteiger partial charge >= 0.3 is 0 Å². The molecule has 1 aliphatic rings. The molecule has 27 heavy (non-hydrogen) atoms. The van der Waals surface area contributed by atoms with Gasteiger partial charge in [0, 0.05) is 30.7 Å². The molecule has 4 rings (SSSR count). The van der Waals surface area contributed by atoms with Crippen molar-refractivity contribution in [3.8, 4) is 11.3 Å². The summed E-state index contributed by atoms with van der Waals surface area (Å²) in [5, 5.41) is 8.11. The molecule has 140 valence electrons. The lowest BCUT2D eigenvalue weighted by atomic mass is 10.1. The van der Waals surface area contributed by atoms with Crippen LogP contribution in [0.15, 0.2) is 45.4 Å². The molecule has 6 nitrogen and oxygen atoms in total. The molecular weight excluding hydrogens is 349 g/mol. The number of hydrogen-bond donors (Lipinski definition) is 0. The van der Waals surface area contributed by atoms with Gasteiger partial charge in [0.05, 0.1) is 6.04 Å². The number of nitrogens with zero attached hydrogens (tertiary/aromatic N) is 3. The van der Waals surface area contributed by atoms with Crippen molar-refractivity contribution in [2.24, 2.45) is 0 Å². The molecule has 1 fully saturated rings. The number of benzene rings is 1. The second kappa shape index (κ2) is 7.34. The van der Waals surface area contributed by atoms with Gasteiger partial charge in [-0.15, -0.1) is 0 Å². The van der Waals surface area contributed by atoms with Gasteiger partial charge in [0.2, 0.25) is 5.76 Å². The summed E-state index contributed by atoms with van der Waals surface area (Å²) in [5.74, 6) is 0.454. The van der Waals surface area contributed by atoms with Gasteiger partial charge < -0.3 is 13.9 Å². The maximum atomic E-state index is 13.1. The summed E-state index contributed by atoms with van der Waals surface area (Å²) < 4.78 is 23.7. The Balaban J connectivity index is 1.53. The Labute approximate surface area is 155 Å². The molecule has 0 radical (unpaired) electrons. The van der Waals surface area contributed by atoms with Crippen LogP contribution in [-0.4, -0.2) is 27.7 Å². The highest BCUT2D eigenvalue weighted by Crippen LogP contribution is 2.33. The van der Waals surface area contributed by atoms with E-state index >= 15 is 0 Å². The number of amides is 1. The predicted octanol–water partition coefficient (Wildman–Crippen LogP) is 4.40. The van der Waals surface area contributed by atoms with E-state index in [2.05, 4.69) is 17.2 Å². The minimum atomic E-state index is -0.325. The number of hydrogen-bond acceptors (Lipinski definition) is 5. The first-order valence-electron chi connectivity index (χ1n) is 9.15. The molecule has 0 spiro atoms. The Morgan fingerprint density at radius 2 is 2.04 bits per heavy atom. The van der Waals surface area contributed by atoms with Crippen LogP contribution in [0.4, 0.5) is 4.39 Å². The van der Waals surface area contributed by atoms with Crippen molar-refractivity contribution in [3.63, 3.8) is 0 Å². The van der Waals surface area contributed by atoms with Crippen molar-refractivity contribution in [3.05, 3.63) is 59.4 Å². The highest BCUT2D eigenvalue weighted by atomic mass is 19.1. The minimum Gasteiger partial charge on any atom is -0.361 e. The zero-order valence-electron chi connectivity index (χ0n) is 15.0. The van der Waals surface area contributed by atoms with E-state index in [1.807, 2.05) is 6.07 Å². The average molecular weight is 369 g/mol. The molecule has 2 aromatic heterocycles. The quantitative estimate of drug-likeness (QED) is 0.667. The van der Waals surface area contributed by atoms with Crippen molar-refractivity contribution in [1.82, 2.24) is 15.2 Å². The first-order valence-corrected chi connectivity index (χ1v) is 9.15. The van der Waals surface area contributed by atoms with Crippen LogP contribution < -0.4 is 0 Å². The standard InChI is InChI=1S/C20H20FN3O3/c1-2-4-15-11-17(23-26-15)18-5-3-10-24(18)20(25)19-12-16(22-27-19)13-6-8-14(21)9-7-13/h6-9,11-12,18H,2-5,10H2,1H3/t18-/m0/s1. The van der Waals surface area contributed by atoms with E-state index in [0.29, 0.717) is 17.8 Å². The first kappa shape index (κ1) is 17.5. The number of likely N-dealkylation sites (tertiary alicyclic amines) is 1. The molecule has 0 bridgehead atoms. The number of carbonyl (C=O) groups excluding carboxylic acids is 1. The lowest BCUT2D eigenvalue weighted by molar-refractivity contribution is 0.0688. The number of aromatic nitrogens is 2. The van der Waals surface area contributed by atoms with E-state index in [1.165, 1.54) is 12.1 Å². The second-order valence-electron chi connectivity index (χ2n) is 6.71. The summed E-state index contributed by atoms with van der Waals surface area (Å²) in [6, 6.07) is 9.31. The van der Waals surface area contributed by atoms with E-state index < -0.39 is 0 Å². The molecule has 3 aromatic rings. The van der Waals surface area contributed by atoms with Crippen molar-refractivity contribution < 1.29 is 18.2 Å². The highest BCUT2D eigenvalue weighted by Gasteiger charge is 2.34. The Bertz CT molecular complexity index is 932. The van der Waals surface area contributed by atoms with Crippen LogP contribution in [-0.2, 0) is 6.42 Å². The molecule has 3 heterocycles. The van der Waals surface area contributed by atoms with Crippen molar-refractivity contribution in [2.45, 2.75) is 38.6 Å². The normalized spacial score (nSPS) is 16.8. The first-order chi connectivity index (χ1) is 13.2. The molecule has 1 saturated heterocycles. The molecule has 1 aromatic carbocycles. The minimum absolute atomic E-state index is 0.119. The van der Waals surface area contributed by atoms with Gasteiger partial charge in [-0.25, -0.2) is 4.39 Å². The summed E-state index contributed by atoms with van der Waals surface area (Å²) in [6.07, 6.45) is 3.54. The number of aryl methyl sites for hydroxylation is 1. The fourth-order valence-corrected chi connectivity index (χ4v) is 3.44. The third-order valence-corrected chi connectivity index (χ3v) is 4.79. The topological polar surface area (TPSA) is 72.4 Å². The summed E-state index contributed by atoms with van der Waals surface area (Å²) in [4.78, 5) is 14.7. The van der Waals surface area contributed by atoms with Crippen LogP contribution in [0.3, 0.4) is 0 Å². The van der Waals surface area contributed by atoms with E-state index in [4.69, 9.17) is 9.05 Å². The van der Waals surface area contributed by atoms with E-state index in [1.54, 1.807) is 23.1 Å². The van der Waals surface area contributed by atoms with Gasteiger partial charge in [-0.2, -0.15) is 0 Å². The molecule has 1 amide bonds. The second-order valence-corrected chi connectivity index (χ2v) is 6.71.